The van der Waals surface area contributed by atoms with Crippen molar-refractivity contribution in [2.75, 3.05) is 11.5 Å². The topological polar surface area (TPSA) is 114 Å². The lowest BCUT2D eigenvalue weighted by Crippen LogP contribution is -2.25. The number of pyridine rings is 1. The summed E-state index contributed by atoms with van der Waals surface area (Å²) >= 11 is 0. The minimum absolute atomic E-state index is 0.359. The van der Waals surface area contributed by atoms with Crippen LogP contribution in [0.15, 0.2) is 30.5 Å². The molecule has 27 heavy (non-hydrogen) atoms. The molecule has 0 saturated heterocycles. The van der Waals surface area contributed by atoms with Gasteiger partial charge in [-0.15, -0.1) is 0 Å². The summed E-state index contributed by atoms with van der Waals surface area (Å²) in [6.45, 7) is 0. The van der Waals surface area contributed by atoms with Gasteiger partial charge in [-0.1, -0.05) is 30.7 Å². The van der Waals surface area contributed by atoms with Gasteiger partial charge < -0.3 is 16.6 Å². The number of aromatic amines is 1. The number of anilines is 2. The monoisotopic (exact) mass is 361 g/mol. The number of nitrogens with two attached hydrogens (primary N) is 2. The predicted molar refractivity (Wildman–Crippen MR) is 108 cm³/mol. The number of nitrogens with zero attached hydrogens (tertiary/aromatic N) is 2. The third kappa shape index (κ3) is 3.46. The minimum atomic E-state index is -0.949. The van der Waals surface area contributed by atoms with Crippen molar-refractivity contribution in [3.8, 4) is 23.0 Å². The number of H-pyrrole nitrogens is 1. The number of benzene rings is 1. The van der Waals surface area contributed by atoms with Gasteiger partial charge in [0.25, 0.3) is 0 Å². The molecule has 0 amide bonds. The zero-order valence-electron chi connectivity index (χ0n) is 15.1. The van der Waals surface area contributed by atoms with E-state index in [1.54, 1.807) is 6.20 Å². The van der Waals surface area contributed by atoms with Crippen LogP contribution in [0.4, 0.5) is 11.6 Å². The molecule has 4 rings (SSSR count). The molecule has 1 aliphatic rings. The van der Waals surface area contributed by atoms with Crippen LogP contribution in [0.5, 0.6) is 0 Å². The minimum Gasteiger partial charge on any atom is -0.383 e. The van der Waals surface area contributed by atoms with Crippen LogP contribution >= 0.6 is 0 Å². The molecule has 2 heterocycles. The van der Waals surface area contributed by atoms with E-state index in [-0.39, 0.29) is 0 Å². The van der Waals surface area contributed by atoms with Gasteiger partial charge in [-0.05, 0) is 49.4 Å². The van der Waals surface area contributed by atoms with Crippen LogP contribution in [0.2, 0.25) is 0 Å². The number of nitrogen functional groups attached to an aromatic ring is 2. The summed E-state index contributed by atoms with van der Waals surface area (Å²) in [5.74, 6) is 7.04. The van der Waals surface area contributed by atoms with Gasteiger partial charge in [-0.3, -0.25) is 5.10 Å². The second-order valence-corrected chi connectivity index (χ2v) is 7.18. The highest BCUT2D eigenvalue weighted by molar-refractivity contribution is 5.93. The summed E-state index contributed by atoms with van der Waals surface area (Å²) in [7, 11) is 0. The average molecular weight is 361 g/mol. The Morgan fingerprint density at radius 1 is 1.04 bits per heavy atom. The third-order valence-corrected chi connectivity index (χ3v) is 5.23. The standard InChI is InChI=1S/C21H23N5O/c22-19-16(7-11-21(27)9-3-1-2-4-10-21)15(8-12-24-19)14-5-6-18-17(13-14)20(23)26-25-18/h5-6,8,12-13,27H,1-4,9-10H2,(H2,22,24)(H3,23,25,26). The van der Waals surface area contributed by atoms with E-state index in [1.165, 1.54) is 0 Å². The van der Waals surface area contributed by atoms with Crippen LogP contribution in [0.3, 0.4) is 0 Å². The summed E-state index contributed by atoms with van der Waals surface area (Å²) < 4.78 is 0. The summed E-state index contributed by atoms with van der Waals surface area (Å²) in [6, 6.07) is 7.75. The molecule has 138 valence electrons. The Labute approximate surface area is 158 Å². The maximum Gasteiger partial charge on any atom is 0.153 e. The maximum atomic E-state index is 10.9. The predicted octanol–water partition coefficient (Wildman–Crippen LogP) is 3.23. The Balaban J connectivity index is 1.78. The molecular formula is C21H23N5O. The van der Waals surface area contributed by atoms with E-state index < -0.39 is 5.60 Å². The molecule has 0 bridgehead atoms. The highest BCUT2D eigenvalue weighted by Gasteiger charge is 2.25. The van der Waals surface area contributed by atoms with Gasteiger partial charge in [0.2, 0.25) is 0 Å². The van der Waals surface area contributed by atoms with Gasteiger partial charge in [0.1, 0.15) is 11.4 Å². The van der Waals surface area contributed by atoms with Crippen molar-refractivity contribution >= 4 is 22.5 Å². The zero-order valence-corrected chi connectivity index (χ0v) is 15.1. The van der Waals surface area contributed by atoms with Gasteiger partial charge in [0.05, 0.1) is 11.1 Å². The van der Waals surface area contributed by atoms with Crippen LogP contribution < -0.4 is 11.5 Å². The lowest BCUT2D eigenvalue weighted by Gasteiger charge is -2.19. The van der Waals surface area contributed by atoms with Gasteiger partial charge in [0, 0.05) is 17.1 Å². The SMILES string of the molecule is Nc1nccc(-c2ccc3[nH]nc(N)c3c2)c1C#CC1(O)CCCCCC1. The van der Waals surface area contributed by atoms with E-state index in [9.17, 15) is 5.11 Å². The fraction of sp³-hybridized carbons (Fsp3) is 0.333. The highest BCUT2D eigenvalue weighted by Crippen LogP contribution is 2.31. The maximum absolute atomic E-state index is 10.9. The highest BCUT2D eigenvalue weighted by atomic mass is 16.3. The van der Waals surface area contributed by atoms with Crippen LogP contribution in [0.25, 0.3) is 22.0 Å². The summed E-state index contributed by atoms with van der Waals surface area (Å²) in [4.78, 5) is 4.19. The molecule has 0 aliphatic heterocycles. The van der Waals surface area contributed by atoms with Crippen molar-refractivity contribution in [3.63, 3.8) is 0 Å². The van der Waals surface area contributed by atoms with Crippen LogP contribution in [-0.2, 0) is 0 Å². The van der Waals surface area contributed by atoms with Crippen molar-refractivity contribution in [2.24, 2.45) is 0 Å². The van der Waals surface area contributed by atoms with E-state index in [0.29, 0.717) is 30.0 Å². The molecule has 6 nitrogen and oxygen atoms in total. The van der Waals surface area contributed by atoms with E-state index >= 15 is 0 Å². The molecule has 1 aliphatic carbocycles. The molecule has 1 fully saturated rings. The van der Waals surface area contributed by atoms with Crippen LogP contribution in [0, 0.1) is 11.8 Å². The number of rotatable bonds is 1. The molecule has 3 aromatic rings. The number of hydrogen-bond donors (Lipinski definition) is 4. The van der Waals surface area contributed by atoms with Crippen molar-refractivity contribution in [1.29, 1.82) is 0 Å². The molecule has 0 radical (unpaired) electrons. The average Bonchev–Trinajstić information content (AvgIpc) is 2.89. The number of fused-ring (bicyclic) bond motifs is 1. The Bertz CT molecular complexity index is 1040. The Morgan fingerprint density at radius 3 is 2.59 bits per heavy atom. The van der Waals surface area contributed by atoms with Crippen LogP contribution in [-0.4, -0.2) is 25.9 Å². The molecule has 6 N–H and O–H groups in total. The van der Waals surface area contributed by atoms with Gasteiger partial charge >= 0.3 is 0 Å². The lowest BCUT2D eigenvalue weighted by molar-refractivity contribution is 0.0849. The Morgan fingerprint density at radius 2 is 1.81 bits per heavy atom. The van der Waals surface area contributed by atoms with Gasteiger partial charge in [-0.25, -0.2) is 4.98 Å². The van der Waals surface area contributed by atoms with E-state index in [0.717, 1.165) is 47.7 Å². The molecule has 2 aromatic heterocycles. The molecule has 1 saturated carbocycles. The number of hydrogen-bond acceptors (Lipinski definition) is 5. The molecule has 0 unspecified atom stereocenters. The molecule has 0 atom stereocenters. The van der Waals surface area contributed by atoms with Crippen molar-refractivity contribution in [2.45, 2.75) is 44.1 Å². The third-order valence-electron chi connectivity index (χ3n) is 5.23. The first-order chi connectivity index (χ1) is 13.1. The largest absolute Gasteiger partial charge is 0.383 e. The fourth-order valence-electron chi connectivity index (χ4n) is 3.67. The summed E-state index contributed by atoms with van der Waals surface area (Å²) in [5.41, 5.74) is 14.4. The Kier molecular flexibility index (Phi) is 4.46. The van der Waals surface area contributed by atoms with Crippen LogP contribution in [0.1, 0.15) is 44.1 Å². The molecule has 6 heteroatoms. The van der Waals surface area contributed by atoms with Crippen molar-refractivity contribution in [1.82, 2.24) is 15.2 Å². The summed E-state index contributed by atoms with van der Waals surface area (Å²) in [6.07, 6.45) is 7.36. The van der Waals surface area contributed by atoms with E-state index in [4.69, 9.17) is 11.5 Å². The van der Waals surface area contributed by atoms with Gasteiger partial charge in [0.15, 0.2) is 5.82 Å². The lowest BCUT2D eigenvalue weighted by atomic mass is 9.94. The van der Waals surface area contributed by atoms with E-state index in [2.05, 4.69) is 27.0 Å². The Hall–Kier alpha value is -3.04. The normalized spacial score (nSPS) is 16.5. The first kappa shape index (κ1) is 17.4. The van der Waals surface area contributed by atoms with Crippen molar-refractivity contribution < 1.29 is 5.11 Å². The smallest absolute Gasteiger partial charge is 0.153 e. The first-order valence-corrected chi connectivity index (χ1v) is 9.30. The molecule has 1 aromatic carbocycles. The van der Waals surface area contributed by atoms with E-state index in [1.807, 2.05) is 24.3 Å². The second-order valence-electron chi connectivity index (χ2n) is 7.18. The van der Waals surface area contributed by atoms with Gasteiger partial charge in [-0.2, -0.15) is 5.10 Å². The van der Waals surface area contributed by atoms with Crippen molar-refractivity contribution in [3.05, 3.63) is 36.0 Å². The number of aromatic nitrogens is 3. The quantitative estimate of drug-likeness (QED) is 0.392. The molecular weight excluding hydrogens is 338 g/mol. The fourth-order valence-corrected chi connectivity index (χ4v) is 3.67. The second kappa shape index (κ2) is 6.93. The number of aliphatic hydroxyl groups is 1. The number of nitrogens with one attached hydrogen (secondary N) is 1. The molecule has 0 spiro atoms. The summed E-state index contributed by atoms with van der Waals surface area (Å²) in [5, 5.41) is 18.6. The first-order valence-electron chi connectivity index (χ1n) is 9.30. The zero-order chi connectivity index (χ0) is 18.9.